The Morgan fingerprint density at radius 2 is 1.51 bits per heavy atom. The van der Waals surface area contributed by atoms with E-state index in [4.69, 9.17) is 0 Å². The second-order valence-electron chi connectivity index (χ2n) is 8.68. The highest BCUT2D eigenvalue weighted by molar-refractivity contribution is 7.92. The maximum Gasteiger partial charge on any atom is 0.244 e. The predicted molar refractivity (Wildman–Crippen MR) is 143 cm³/mol. The first-order valence-corrected chi connectivity index (χ1v) is 13.8. The Morgan fingerprint density at radius 3 is 2.11 bits per heavy atom. The van der Waals surface area contributed by atoms with Crippen molar-refractivity contribution in [3.63, 3.8) is 0 Å². The standard InChI is InChI=1S/C28H32FN3O4S/c1-4-22-14-9-11-17-25(22)32(37(3,35)36)20-27(33)31(19-23-15-8-10-16-24(23)29)26(28(34)30-2)18-21-12-6-5-7-13-21/h5-17,26H,4,18-20H2,1-3H3,(H,30,34). The molecule has 0 heterocycles. The van der Waals surface area contributed by atoms with Crippen LogP contribution in [0.5, 0.6) is 0 Å². The van der Waals surface area contributed by atoms with E-state index < -0.39 is 40.2 Å². The summed E-state index contributed by atoms with van der Waals surface area (Å²) in [5, 5.41) is 2.60. The van der Waals surface area contributed by atoms with E-state index in [1.54, 1.807) is 36.4 Å². The molecule has 0 fully saturated rings. The molecule has 7 nitrogen and oxygen atoms in total. The maximum absolute atomic E-state index is 14.7. The number of halogens is 1. The van der Waals surface area contributed by atoms with Gasteiger partial charge >= 0.3 is 0 Å². The Hall–Kier alpha value is -3.72. The van der Waals surface area contributed by atoms with Crippen molar-refractivity contribution in [3.8, 4) is 0 Å². The van der Waals surface area contributed by atoms with Gasteiger partial charge in [-0.2, -0.15) is 0 Å². The summed E-state index contributed by atoms with van der Waals surface area (Å²) in [4.78, 5) is 28.2. The molecule has 0 aliphatic heterocycles. The van der Waals surface area contributed by atoms with Gasteiger partial charge in [-0.05, 0) is 29.7 Å². The van der Waals surface area contributed by atoms with E-state index in [0.29, 0.717) is 12.1 Å². The van der Waals surface area contributed by atoms with E-state index in [2.05, 4.69) is 5.32 Å². The average Bonchev–Trinajstić information content (AvgIpc) is 2.89. The molecule has 37 heavy (non-hydrogen) atoms. The van der Waals surface area contributed by atoms with Gasteiger partial charge in [-0.15, -0.1) is 0 Å². The first-order valence-electron chi connectivity index (χ1n) is 12.0. The Morgan fingerprint density at radius 1 is 0.919 bits per heavy atom. The largest absolute Gasteiger partial charge is 0.357 e. The number of hydrogen-bond acceptors (Lipinski definition) is 4. The minimum Gasteiger partial charge on any atom is -0.357 e. The minimum absolute atomic E-state index is 0.172. The lowest BCUT2D eigenvalue weighted by molar-refractivity contribution is -0.139. The molecule has 0 saturated heterocycles. The molecule has 0 aromatic heterocycles. The summed E-state index contributed by atoms with van der Waals surface area (Å²) in [7, 11) is -2.39. The molecular formula is C28H32FN3O4S. The number of rotatable bonds is 11. The summed E-state index contributed by atoms with van der Waals surface area (Å²) >= 11 is 0. The van der Waals surface area contributed by atoms with Gasteiger partial charge in [-0.1, -0.05) is 73.7 Å². The molecule has 0 bridgehead atoms. The molecule has 0 spiro atoms. The number of hydrogen-bond donors (Lipinski definition) is 1. The highest BCUT2D eigenvalue weighted by Crippen LogP contribution is 2.25. The summed E-state index contributed by atoms with van der Waals surface area (Å²) in [6.07, 6.45) is 1.77. The van der Waals surface area contributed by atoms with Gasteiger partial charge in [-0.3, -0.25) is 13.9 Å². The molecule has 0 saturated carbocycles. The van der Waals surface area contributed by atoms with Gasteiger partial charge in [0, 0.05) is 25.6 Å². The van der Waals surface area contributed by atoms with Crippen molar-refractivity contribution in [2.24, 2.45) is 0 Å². The predicted octanol–water partition coefficient (Wildman–Crippen LogP) is 3.54. The number of anilines is 1. The fourth-order valence-corrected chi connectivity index (χ4v) is 5.06. The number of amides is 2. The van der Waals surface area contributed by atoms with Crippen LogP contribution in [0.25, 0.3) is 0 Å². The highest BCUT2D eigenvalue weighted by atomic mass is 32.2. The number of carbonyl (C=O) groups excluding carboxylic acids is 2. The third-order valence-corrected chi connectivity index (χ3v) is 7.26. The number of sulfonamides is 1. The summed E-state index contributed by atoms with van der Waals surface area (Å²) in [5.41, 5.74) is 2.18. The second-order valence-corrected chi connectivity index (χ2v) is 10.6. The topological polar surface area (TPSA) is 86.8 Å². The van der Waals surface area contributed by atoms with E-state index in [0.717, 1.165) is 21.7 Å². The zero-order valence-electron chi connectivity index (χ0n) is 21.2. The molecule has 1 atom stereocenters. The fraction of sp³-hybridized carbons (Fsp3) is 0.286. The molecular weight excluding hydrogens is 493 g/mol. The molecule has 0 aliphatic carbocycles. The van der Waals surface area contributed by atoms with Crippen LogP contribution < -0.4 is 9.62 Å². The van der Waals surface area contributed by atoms with Crippen molar-refractivity contribution in [3.05, 3.63) is 101 Å². The monoisotopic (exact) mass is 525 g/mol. The Labute approximate surface area is 218 Å². The van der Waals surface area contributed by atoms with Crippen LogP contribution in [0.3, 0.4) is 0 Å². The number of benzene rings is 3. The minimum atomic E-state index is -3.86. The lowest BCUT2D eigenvalue weighted by Gasteiger charge is -2.33. The molecule has 3 aromatic rings. The normalized spacial score (nSPS) is 12.0. The van der Waals surface area contributed by atoms with Crippen LogP contribution in [-0.4, -0.2) is 51.0 Å². The second kappa shape index (κ2) is 12.5. The number of para-hydroxylation sites is 1. The SMILES string of the molecule is CCc1ccccc1N(CC(=O)N(Cc1ccccc1F)C(Cc1ccccc1)C(=O)NC)S(C)(=O)=O. The molecule has 1 N–H and O–H groups in total. The number of likely N-dealkylation sites (N-methyl/N-ethyl adjacent to an activating group) is 1. The summed E-state index contributed by atoms with van der Waals surface area (Å²) in [6, 6.07) is 21.1. The van der Waals surface area contributed by atoms with Gasteiger partial charge in [0.25, 0.3) is 0 Å². The van der Waals surface area contributed by atoms with Crippen LogP contribution in [-0.2, 0) is 39.0 Å². The summed E-state index contributed by atoms with van der Waals surface area (Å²) in [5.74, 6) is -1.58. The van der Waals surface area contributed by atoms with Crippen LogP contribution >= 0.6 is 0 Å². The Balaban J connectivity index is 2.06. The third kappa shape index (κ3) is 7.16. The molecule has 3 aromatic carbocycles. The van der Waals surface area contributed by atoms with Gasteiger partial charge < -0.3 is 10.2 Å². The zero-order chi connectivity index (χ0) is 27.0. The van der Waals surface area contributed by atoms with Crippen molar-refractivity contribution < 1.29 is 22.4 Å². The highest BCUT2D eigenvalue weighted by Gasteiger charge is 2.33. The van der Waals surface area contributed by atoms with E-state index in [1.807, 2.05) is 37.3 Å². The van der Waals surface area contributed by atoms with E-state index in [-0.39, 0.29) is 18.5 Å². The van der Waals surface area contributed by atoms with Gasteiger partial charge in [0.05, 0.1) is 11.9 Å². The lowest BCUT2D eigenvalue weighted by atomic mass is 10.0. The van der Waals surface area contributed by atoms with Crippen molar-refractivity contribution in [2.75, 3.05) is 24.2 Å². The molecule has 196 valence electrons. The first kappa shape index (κ1) is 27.9. The summed E-state index contributed by atoms with van der Waals surface area (Å²) in [6.45, 7) is 1.16. The Kier molecular flexibility index (Phi) is 9.41. The van der Waals surface area contributed by atoms with Crippen molar-refractivity contribution in [1.29, 1.82) is 0 Å². The van der Waals surface area contributed by atoms with Crippen LogP contribution in [0.2, 0.25) is 0 Å². The number of carbonyl (C=O) groups is 2. The van der Waals surface area contributed by atoms with E-state index >= 15 is 0 Å². The lowest BCUT2D eigenvalue weighted by Crippen LogP contribution is -2.53. The van der Waals surface area contributed by atoms with E-state index in [9.17, 15) is 22.4 Å². The van der Waals surface area contributed by atoms with Gasteiger partial charge in [-0.25, -0.2) is 12.8 Å². The van der Waals surface area contributed by atoms with Crippen LogP contribution in [0.4, 0.5) is 10.1 Å². The number of aryl methyl sites for hydroxylation is 1. The van der Waals surface area contributed by atoms with Gasteiger partial charge in [0.2, 0.25) is 21.8 Å². The van der Waals surface area contributed by atoms with Crippen molar-refractivity contribution in [2.45, 2.75) is 32.4 Å². The Bertz CT molecular complexity index is 1330. The average molecular weight is 526 g/mol. The molecule has 1 unspecified atom stereocenters. The fourth-order valence-electron chi connectivity index (χ4n) is 4.18. The number of nitrogens with one attached hydrogen (secondary N) is 1. The number of nitrogens with zero attached hydrogens (tertiary/aromatic N) is 2. The van der Waals surface area contributed by atoms with Gasteiger partial charge in [0.1, 0.15) is 18.4 Å². The smallest absolute Gasteiger partial charge is 0.244 e. The molecule has 0 radical (unpaired) electrons. The van der Waals surface area contributed by atoms with Gasteiger partial charge in [0.15, 0.2) is 0 Å². The zero-order valence-corrected chi connectivity index (χ0v) is 22.0. The van der Waals surface area contributed by atoms with Crippen molar-refractivity contribution in [1.82, 2.24) is 10.2 Å². The van der Waals surface area contributed by atoms with Crippen LogP contribution in [0, 0.1) is 5.82 Å². The molecule has 2 amide bonds. The van der Waals surface area contributed by atoms with Crippen molar-refractivity contribution >= 4 is 27.5 Å². The van der Waals surface area contributed by atoms with Crippen LogP contribution in [0.1, 0.15) is 23.6 Å². The quantitative estimate of drug-likeness (QED) is 0.415. The van der Waals surface area contributed by atoms with E-state index in [1.165, 1.54) is 24.1 Å². The summed E-state index contributed by atoms with van der Waals surface area (Å²) < 4.78 is 41.4. The first-order chi connectivity index (χ1) is 17.7. The third-order valence-electron chi connectivity index (χ3n) is 6.14. The molecule has 3 rings (SSSR count). The van der Waals surface area contributed by atoms with Crippen LogP contribution in [0.15, 0.2) is 78.9 Å². The molecule has 9 heteroatoms. The maximum atomic E-state index is 14.7. The molecule has 0 aliphatic rings.